The molecule has 0 atom stereocenters. The summed E-state index contributed by atoms with van der Waals surface area (Å²) in [5, 5.41) is 7.05. The van der Waals surface area contributed by atoms with E-state index >= 15 is 0 Å². The topological polar surface area (TPSA) is 0 Å². The van der Waals surface area contributed by atoms with E-state index in [1.165, 1.54) is 38.0 Å². The van der Waals surface area contributed by atoms with Crippen LogP contribution in [0.1, 0.15) is 11.1 Å². The second-order valence-electron chi connectivity index (χ2n) is 6.36. The first-order valence-corrected chi connectivity index (χ1v) is 12.5. The average Bonchev–Trinajstić information content (AvgIpc) is 3.27. The number of benzene rings is 2. The Bertz CT molecular complexity index is 884. The SMILES string of the molecule is CP(C)c1cc2ccccc2[cH-]1.Cc1ccc(C)c2[cH-]ccc12.[F][Zr+2][F]. The van der Waals surface area contributed by atoms with Gasteiger partial charge in [0.15, 0.2) is 0 Å². The first kappa shape index (κ1) is 21.1. The summed E-state index contributed by atoms with van der Waals surface area (Å²) in [6.45, 7) is 8.90. The van der Waals surface area contributed by atoms with Crippen LogP contribution in [-0.4, -0.2) is 13.3 Å². The molecule has 26 heavy (non-hydrogen) atoms. The summed E-state index contributed by atoms with van der Waals surface area (Å²) < 4.78 is 19.6. The Morgan fingerprint density at radius 3 is 2.19 bits per heavy atom. The van der Waals surface area contributed by atoms with Crippen molar-refractivity contribution in [2.24, 2.45) is 0 Å². The summed E-state index contributed by atoms with van der Waals surface area (Å²) in [4.78, 5) is 0. The third-order valence-electron chi connectivity index (χ3n) is 4.37. The maximum atomic E-state index is 9.80. The fourth-order valence-electron chi connectivity index (χ4n) is 2.93. The fraction of sp³-hybridized carbons (Fsp3) is 0.182. The average molecular weight is 448 g/mol. The molecule has 0 bridgehead atoms. The Balaban J connectivity index is 0.000000163. The van der Waals surface area contributed by atoms with Crippen LogP contribution in [0.4, 0.5) is 5.25 Å². The number of rotatable bonds is 1. The van der Waals surface area contributed by atoms with Crippen LogP contribution in [0.25, 0.3) is 21.5 Å². The van der Waals surface area contributed by atoms with Crippen molar-refractivity contribution in [3.63, 3.8) is 0 Å². The summed E-state index contributed by atoms with van der Waals surface area (Å²) in [6.07, 6.45) is 0. The van der Waals surface area contributed by atoms with Crippen molar-refractivity contribution < 1.29 is 29.7 Å². The van der Waals surface area contributed by atoms with E-state index in [4.69, 9.17) is 0 Å². The number of hydrogen-bond donors (Lipinski definition) is 0. The number of fused-ring (bicyclic) bond motifs is 2. The Labute approximate surface area is 169 Å². The standard InChI is InChI=1S/C11H12P.C11H11.2FH.Zr/c1-12(2)11-7-9-5-3-4-6-10(9)8-11;1-8-6-7-9(2)11-5-3-4-10(8)11;;;/h3-8H,1-2H3;3-7H,1-2H3;2*1H;/q2*-1;;;+4/p-2. The second-order valence-corrected chi connectivity index (χ2v) is 9.02. The van der Waals surface area contributed by atoms with Crippen LogP contribution in [0.5, 0.6) is 0 Å². The molecule has 0 saturated heterocycles. The molecule has 0 heterocycles. The molecule has 0 aliphatic carbocycles. The van der Waals surface area contributed by atoms with Gasteiger partial charge in [-0.05, 0) is 20.3 Å². The molecule has 0 amide bonds. The van der Waals surface area contributed by atoms with E-state index in [-0.39, 0.29) is 7.92 Å². The molecule has 0 N–H and O–H groups in total. The molecule has 4 heteroatoms. The van der Waals surface area contributed by atoms with Gasteiger partial charge in [0.05, 0.1) is 0 Å². The van der Waals surface area contributed by atoms with Gasteiger partial charge >= 0.3 is 29.7 Å². The summed E-state index contributed by atoms with van der Waals surface area (Å²) in [7, 11) is 0.0576. The van der Waals surface area contributed by atoms with E-state index in [2.05, 4.69) is 93.9 Å². The molecule has 0 fully saturated rings. The van der Waals surface area contributed by atoms with Gasteiger partial charge in [0.25, 0.3) is 0 Å². The van der Waals surface area contributed by atoms with Gasteiger partial charge in [-0.25, -0.2) is 0 Å². The zero-order chi connectivity index (χ0) is 19.1. The van der Waals surface area contributed by atoms with Gasteiger partial charge in [-0.15, -0.1) is 76.7 Å². The van der Waals surface area contributed by atoms with Crippen LogP contribution in [0, 0.1) is 13.8 Å². The second kappa shape index (κ2) is 10.2. The van der Waals surface area contributed by atoms with Gasteiger partial charge in [0.1, 0.15) is 0 Å². The Hall–Kier alpha value is -1.17. The van der Waals surface area contributed by atoms with E-state index < -0.39 is 24.5 Å². The van der Waals surface area contributed by atoms with Crippen molar-refractivity contribution >= 4 is 34.8 Å². The third-order valence-corrected chi connectivity index (χ3v) is 5.66. The van der Waals surface area contributed by atoms with Crippen LogP contribution in [0.2, 0.25) is 0 Å². The fourth-order valence-corrected chi connectivity index (χ4v) is 3.72. The van der Waals surface area contributed by atoms with Crippen molar-refractivity contribution in [3.05, 3.63) is 77.9 Å². The van der Waals surface area contributed by atoms with Gasteiger partial charge in [-0.2, -0.15) is 18.2 Å². The van der Waals surface area contributed by atoms with E-state index in [9.17, 15) is 5.25 Å². The van der Waals surface area contributed by atoms with Crippen molar-refractivity contribution in [2.45, 2.75) is 13.8 Å². The zero-order valence-corrected chi connectivity index (χ0v) is 18.9. The summed E-state index contributed by atoms with van der Waals surface area (Å²) in [6, 6.07) is 24.0. The molecule has 0 unspecified atom stereocenters. The molecule has 0 aromatic heterocycles. The molecule has 4 rings (SSSR count). The van der Waals surface area contributed by atoms with Crippen LogP contribution in [-0.2, 0) is 24.5 Å². The van der Waals surface area contributed by atoms with Gasteiger partial charge in [0.2, 0.25) is 0 Å². The van der Waals surface area contributed by atoms with Crippen LogP contribution in [0.15, 0.2) is 66.7 Å². The Morgan fingerprint density at radius 2 is 1.58 bits per heavy atom. The van der Waals surface area contributed by atoms with Crippen molar-refractivity contribution in [1.29, 1.82) is 0 Å². The molecule has 0 nitrogen and oxygen atoms in total. The van der Waals surface area contributed by atoms with Gasteiger partial charge in [-0.3, -0.25) is 0 Å². The third kappa shape index (κ3) is 5.42. The minimum atomic E-state index is -2.77. The van der Waals surface area contributed by atoms with Crippen molar-refractivity contribution in [1.82, 2.24) is 0 Å². The van der Waals surface area contributed by atoms with E-state index in [1.54, 1.807) is 0 Å². The quantitative estimate of drug-likeness (QED) is 0.219. The number of aryl methyl sites for hydroxylation is 2. The summed E-state index contributed by atoms with van der Waals surface area (Å²) in [5.41, 5.74) is 2.74. The molecule has 0 spiro atoms. The molecular formula is C22H23F2PZr. The predicted octanol–water partition coefficient (Wildman–Crippen LogP) is 6.94. The first-order valence-electron chi connectivity index (χ1n) is 8.38. The Morgan fingerprint density at radius 1 is 0.923 bits per heavy atom. The molecule has 0 saturated carbocycles. The van der Waals surface area contributed by atoms with Crippen LogP contribution in [0.3, 0.4) is 0 Å². The Kier molecular flexibility index (Phi) is 8.33. The van der Waals surface area contributed by atoms with E-state index in [0.717, 1.165) is 0 Å². The maximum absolute atomic E-state index is 9.80. The van der Waals surface area contributed by atoms with Gasteiger partial charge in [0, 0.05) is 0 Å². The van der Waals surface area contributed by atoms with Gasteiger partial charge in [-0.1, -0.05) is 24.6 Å². The van der Waals surface area contributed by atoms with Crippen molar-refractivity contribution in [2.75, 3.05) is 13.3 Å². The van der Waals surface area contributed by atoms with Gasteiger partial charge < -0.3 is 0 Å². The summed E-state index contributed by atoms with van der Waals surface area (Å²) in [5.74, 6) is 0. The monoisotopic (exact) mass is 446 g/mol. The zero-order valence-electron chi connectivity index (χ0n) is 15.6. The molecular weight excluding hydrogens is 424 g/mol. The van der Waals surface area contributed by atoms with Crippen molar-refractivity contribution in [3.8, 4) is 0 Å². The molecule has 4 aromatic carbocycles. The molecule has 0 aliphatic heterocycles. The van der Waals surface area contributed by atoms with E-state index in [1.807, 2.05) is 0 Å². The number of hydrogen-bond acceptors (Lipinski definition) is 0. The predicted molar refractivity (Wildman–Crippen MR) is 109 cm³/mol. The molecule has 0 radical (unpaired) electrons. The van der Waals surface area contributed by atoms with Crippen LogP contribution < -0.4 is 5.30 Å². The minimum absolute atomic E-state index is 0.0576. The van der Waals surface area contributed by atoms with Crippen LogP contribution >= 0.6 is 7.92 Å². The first-order chi connectivity index (χ1) is 12.5. The van der Waals surface area contributed by atoms with E-state index in [0.29, 0.717) is 0 Å². The molecule has 4 aromatic rings. The summed E-state index contributed by atoms with van der Waals surface area (Å²) >= 11 is -2.77. The normalized spacial score (nSPS) is 10.1. The number of halogens is 2. The molecule has 134 valence electrons. The molecule has 0 aliphatic rings.